The Morgan fingerprint density at radius 1 is 1.38 bits per heavy atom. The van der Waals surface area contributed by atoms with Crippen molar-refractivity contribution in [3.05, 3.63) is 29.8 Å². The lowest BCUT2D eigenvalue weighted by atomic mass is 10.2. The molecule has 1 heterocycles. The summed E-state index contributed by atoms with van der Waals surface area (Å²) in [5.74, 6) is -0.471. The minimum Gasteiger partial charge on any atom is -0.465 e. The SMILES string of the molecule is COC(=O)c1ccc(N2COCC2=O)cc1. The molecule has 0 N–H and O–H groups in total. The maximum absolute atomic E-state index is 11.4. The molecule has 1 aliphatic heterocycles. The average Bonchev–Trinajstić information content (AvgIpc) is 2.75. The maximum Gasteiger partial charge on any atom is 0.337 e. The highest BCUT2D eigenvalue weighted by Crippen LogP contribution is 2.18. The summed E-state index contributed by atoms with van der Waals surface area (Å²) in [6.07, 6.45) is 0. The Labute approximate surface area is 92.6 Å². The van der Waals surface area contributed by atoms with Crippen molar-refractivity contribution in [2.75, 3.05) is 25.3 Å². The number of rotatable bonds is 2. The monoisotopic (exact) mass is 221 g/mol. The Morgan fingerprint density at radius 2 is 2.06 bits per heavy atom. The number of benzene rings is 1. The molecule has 1 saturated heterocycles. The lowest BCUT2D eigenvalue weighted by Gasteiger charge is -2.13. The topological polar surface area (TPSA) is 55.8 Å². The van der Waals surface area contributed by atoms with Crippen LogP contribution in [0.25, 0.3) is 0 Å². The molecule has 5 nitrogen and oxygen atoms in total. The van der Waals surface area contributed by atoms with Gasteiger partial charge in [0, 0.05) is 5.69 Å². The summed E-state index contributed by atoms with van der Waals surface area (Å²) in [5.41, 5.74) is 1.17. The van der Waals surface area contributed by atoms with Gasteiger partial charge >= 0.3 is 5.97 Å². The quantitative estimate of drug-likeness (QED) is 0.693. The van der Waals surface area contributed by atoms with E-state index in [1.165, 1.54) is 12.0 Å². The molecule has 2 rings (SSSR count). The van der Waals surface area contributed by atoms with Crippen molar-refractivity contribution in [3.63, 3.8) is 0 Å². The summed E-state index contributed by atoms with van der Waals surface area (Å²) < 4.78 is 9.59. The summed E-state index contributed by atoms with van der Waals surface area (Å²) >= 11 is 0. The number of amides is 1. The molecule has 0 radical (unpaired) electrons. The van der Waals surface area contributed by atoms with Crippen molar-refractivity contribution in [1.29, 1.82) is 0 Å². The molecular formula is C11H11NO4. The number of anilines is 1. The average molecular weight is 221 g/mol. The van der Waals surface area contributed by atoms with Gasteiger partial charge in [-0.15, -0.1) is 0 Å². The van der Waals surface area contributed by atoms with Crippen molar-refractivity contribution < 1.29 is 19.1 Å². The molecule has 0 spiro atoms. The number of hydrogen-bond donors (Lipinski definition) is 0. The van der Waals surface area contributed by atoms with Crippen LogP contribution < -0.4 is 4.90 Å². The van der Waals surface area contributed by atoms with Crippen LogP contribution >= 0.6 is 0 Å². The second kappa shape index (κ2) is 4.32. The van der Waals surface area contributed by atoms with E-state index >= 15 is 0 Å². The third-order valence-corrected chi connectivity index (χ3v) is 2.35. The fourth-order valence-electron chi connectivity index (χ4n) is 1.49. The number of ether oxygens (including phenoxy) is 2. The van der Waals surface area contributed by atoms with Crippen LogP contribution in [0.4, 0.5) is 5.69 Å². The summed E-state index contributed by atoms with van der Waals surface area (Å²) in [6, 6.07) is 6.62. The molecule has 16 heavy (non-hydrogen) atoms. The smallest absolute Gasteiger partial charge is 0.337 e. The molecule has 1 aromatic carbocycles. The van der Waals surface area contributed by atoms with Crippen LogP contribution in [0, 0.1) is 0 Å². The summed E-state index contributed by atoms with van der Waals surface area (Å²) in [5, 5.41) is 0. The molecule has 1 amide bonds. The van der Waals surface area contributed by atoms with Gasteiger partial charge in [0.05, 0.1) is 12.7 Å². The van der Waals surface area contributed by atoms with Crippen molar-refractivity contribution in [2.45, 2.75) is 0 Å². The fourth-order valence-corrected chi connectivity index (χ4v) is 1.49. The Bertz CT molecular complexity index is 412. The maximum atomic E-state index is 11.4. The van der Waals surface area contributed by atoms with E-state index in [2.05, 4.69) is 4.74 Å². The van der Waals surface area contributed by atoms with Crippen LogP contribution in [-0.2, 0) is 14.3 Å². The van der Waals surface area contributed by atoms with Gasteiger partial charge in [0.25, 0.3) is 5.91 Å². The molecule has 5 heteroatoms. The third kappa shape index (κ3) is 1.90. The lowest BCUT2D eigenvalue weighted by molar-refractivity contribution is -0.117. The first-order valence-electron chi connectivity index (χ1n) is 4.79. The Balaban J connectivity index is 2.19. The van der Waals surface area contributed by atoms with E-state index in [1.807, 2.05) is 0 Å². The molecule has 1 fully saturated rings. The predicted molar refractivity (Wildman–Crippen MR) is 56.1 cm³/mol. The van der Waals surface area contributed by atoms with Crippen LogP contribution in [0.1, 0.15) is 10.4 Å². The molecule has 0 bridgehead atoms. The van der Waals surface area contributed by atoms with Crippen molar-refractivity contribution >= 4 is 17.6 Å². The number of methoxy groups -OCH3 is 1. The van der Waals surface area contributed by atoms with Crippen molar-refractivity contribution in [1.82, 2.24) is 0 Å². The van der Waals surface area contributed by atoms with E-state index in [4.69, 9.17) is 4.74 Å². The van der Waals surface area contributed by atoms with Crippen LogP contribution in [0.2, 0.25) is 0 Å². The first-order chi connectivity index (χ1) is 7.72. The molecule has 0 atom stereocenters. The second-order valence-corrected chi connectivity index (χ2v) is 3.34. The summed E-state index contributed by atoms with van der Waals surface area (Å²) in [7, 11) is 1.33. The molecule has 0 aliphatic carbocycles. The van der Waals surface area contributed by atoms with E-state index in [0.717, 1.165) is 5.69 Å². The van der Waals surface area contributed by atoms with Gasteiger partial charge in [0.1, 0.15) is 13.3 Å². The molecule has 0 saturated carbocycles. The van der Waals surface area contributed by atoms with Gasteiger partial charge in [0.2, 0.25) is 0 Å². The Morgan fingerprint density at radius 3 is 2.56 bits per heavy atom. The van der Waals surface area contributed by atoms with Crippen LogP contribution in [0.5, 0.6) is 0 Å². The van der Waals surface area contributed by atoms with E-state index in [0.29, 0.717) is 5.56 Å². The van der Waals surface area contributed by atoms with Gasteiger partial charge in [-0.1, -0.05) is 0 Å². The van der Waals surface area contributed by atoms with Gasteiger partial charge in [-0.25, -0.2) is 4.79 Å². The second-order valence-electron chi connectivity index (χ2n) is 3.34. The predicted octanol–water partition coefficient (Wildman–Crippen LogP) is 0.794. The molecule has 1 aromatic rings. The highest BCUT2D eigenvalue weighted by Gasteiger charge is 2.22. The number of carbonyl (C=O) groups excluding carboxylic acids is 2. The summed E-state index contributed by atoms with van der Waals surface area (Å²) in [6.45, 7) is 0.370. The molecule has 0 unspecified atom stereocenters. The van der Waals surface area contributed by atoms with E-state index in [9.17, 15) is 9.59 Å². The minimum absolute atomic E-state index is 0.0779. The number of nitrogens with zero attached hydrogens (tertiary/aromatic N) is 1. The molecular weight excluding hydrogens is 210 g/mol. The van der Waals surface area contributed by atoms with Crippen molar-refractivity contribution in [3.8, 4) is 0 Å². The first kappa shape index (κ1) is 10.6. The van der Waals surface area contributed by atoms with Gasteiger partial charge in [-0.2, -0.15) is 0 Å². The number of carbonyl (C=O) groups is 2. The number of hydrogen-bond acceptors (Lipinski definition) is 4. The molecule has 84 valence electrons. The van der Waals surface area contributed by atoms with Gasteiger partial charge in [-0.3, -0.25) is 9.69 Å². The zero-order valence-electron chi connectivity index (χ0n) is 8.80. The first-order valence-corrected chi connectivity index (χ1v) is 4.79. The zero-order valence-corrected chi connectivity index (χ0v) is 8.80. The minimum atomic E-state index is -0.393. The normalized spacial score (nSPS) is 15.3. The Kier molecular flexibility index (Phi) is 2.87. The van der Waals surface area contributed by atoms with Gasteiger partial charge in [-0.05, 0) is 24.3 Å². The number of esters is 1. The van der Waals surface area contributed by atoms with E-state index in [-0.39, 0.29) is 19.2 Å². The zero-order chi connectivity index (χ0) is 11.5. The van der Waals surface area contributed by atoms with E-state index in [1.54, 1.807) is 24.3 Å². The van der Waals surface area contributed by atoms with Crippen LogP contribution in [0.15, 0.2) is 24.3 Å². The molecule has 0 aromatic heterocycles. The van der Waals surface area contributed by atoms with Crippen LogP contribution in [0.3, 0.4) is 0 Å². The lowest BCUT2D eigenvalue weighted by Crippen LogP contribution is -2.24. The molecule has 1 aliphatic rings. The van der Waals surface area contributed by atoms with Crippen LogP contribution in [-0.4, -0.2) is 32.3 Å². The summed E-state index contributed by atoms with van der Waals surface area (Å²) in [4.78, 5) is 24.1. The highest BCUT2D eigenvalue weighted by molar-refractivity contribution is 5.96. The van der Waals surface area contributed by atoms with Gasteiger partial charge in [0.15, 0.2) is 0 Å². The fraction of sp³-hybridized carbons (Fsp3) is 0.273. The van der Waals surface area contributed by atoms with Gasteiger partial charge < -0.3 is 9.47 Å². The van der Waals surface area contributed by atoms with E-state index < -0.39 is 5.97 Å². The third-order valence-electron chi connectivity index (χ3n) is 2.35. The Hall–Kier alpha value is -1.88. The van der Waals surface area contributed by atoms with Crippen molar-refractivity contribution in [2.24, 2.45) is 0 Å². The highest BCUT2D eigenvalue weighted by atomic mass is 16.5. The standard InChI is InChI=1S/C11H11NO4/c1-15-11(14)8-2-4-9(5-3-8)12-7-16-6-10(12)13/h2-5H,6-7H2,1H3. The largest absolute Gasteiger partial charge is 0.465 e.